The number of aryl methyl sites for hydroxylation is 1. The zero-order valence-corrected chi connectivity index (χ0v) is 9.95. The van der Waals surface area contributed by atoms with E-state index < -0.39 is 5.97 Å². The molecule has 4 heteroatoms. The molecule has 0 spiro atoms. The number of hydrogen-bond acceptors (Lipinski definition) is 3. The third-order valence-corrected chi connectivity index (χ3v) is 2.58. The Kier molecular flexibility index (Phi) is 4.31. The first-order valence-corrected chi connectivity index (χ1v) is 5.26. The van der Waals surface area contributed by atoms with E-state index in [2.05, 4.69) is 10.2 Å². The number of likely N-dealkylation sites (N-methyl/N-ethyl adjacent to an activating group) is 2. The molecular formula is C12H18N2O2. The van der Waals surface area contributed by atoms with E-state index in [1.54, 1.807) is 6.07 Å². The first kappa shape index (κ1) is 12.5. The maximum absolute atomic E-state index is 10.9. The van der Waals surface area contributed by atoms with Crippen molar-refractivity contribution in [2.24, 2.45) is 0 Å². The third kappa shape index (κ3) is 2.97. The molecule has 0 saturated carbocycles. The van der Waals surface area contributed by atoms with Crippen LogP contribution >= 0.6 is 0 Å². The van der Waals surface area contributed by atoms with Crippen LogP contribution in [0, 0.1) is 6.92 Å². The van der Waals surface area contributed by atoms with Crippen molar-refractivity contribution < 1.29 is 9.90 Å². The Morgan fingerprint density at radius 3 is 2.69 bits per heavy atom. The third-order valence-electron chi connectivity index (χ3n) is 2.58. The molecule has 1 aromatic rings. The van der Waals surface area contributed by atoms with Gasteiger partial charge in [0, 0.05) is 25.8 Å². The van der Waals surface area contributed by atoms with Crippen molar-refractivity contribution in [2.75, 3.05) is 32.1 Å². The summed E-state index contributed by atoms with van der Waals surface area (Å²) < 4.78 is 0. The van der Waals surface area contributed by atoms with Crippen LogP contribution in [0.4, 0.5) is 5.69 Å². The highest BCUT2D eigenvalue weighted by Crippen LogP contribution is 2.17. The van der Waals surface area contributed by atoms with Gasteiger partial charge in [0.05, 0.1) is 5.56 Å². The van der Waals surface area contributed by atoms with Crippen molar-refractivity contribution in [2.45, 2.75) is 6.92 Å². The van der Waals surface area contributed by atoms with E-state index in [1.165, 1.54) is 0 Å². The van der Waals surface area contributed by atoms with Crippen LogP contribution in [0.3, 0.4) is 0 Å². The number of hydrogen-bond donors (Lipinski definition) is 2. The van der Waals surface area contributed by atoms with Gasteiger partial charge in [0.1, 0.15) is 0 Å². The molecule has 0 aromatic heterocycles. The molecule has 0 unspecified atom stereocenters. The van der Waals surface area contributed by atoms with Crippen molar-refractivity contribution in [3.8, 4) is 0 Å². The fourth-order valence-electron chi connectivity index (χ4n) is 1.53. The summed E-state index contributed by atoms with van der Waals surface area (Å²) in [6, 6.07) is 5.40. The number of nitrogens with one attached hydrogen (secondary N) is 1. The molecular weight excluding hydrogens is 204 g/mol. The summed E-state index contributed by atoms with van der Waals surface area (Å²) in [7, 11) is 3.90. The fourth-order valence-corrected chi connectivity index (χ4v) is 1.53. The fraction of sp³-hybridized carbons (Fsp3) is 0.417. The quantitative estimate of drug-likeness (QED) is 0.789. The predicted octanol–water partition coefficient (Wildman–Crippen LogP) is 1.35. The van der Waals surface area contributed by atoms with E-state index >= 15 is 0 Å². The number of carboxylic acids is 1. The lowest BCUT2D eigenvalue weighted by molar-refractivity contribution is 0.0696. The average Bonchev–Trinajstić information content (AvgIpc) is 2.25. The average molecular weight is 222 g/mol. The number of rotatable bonds is 5. The minimum absolute atomic E-state index is 0.366. The molecule has 0 amide bonds. The first-order chi connectivity index (χ1) is 7.56. The number of nitrogens with zero attached hydrogens (tertiary/aromatic N) is 1. The zero-order chi connectivity index (χ0) is 12.1. The summed E-state index contributed by atoms with van der Waals surface area (Å²) in [6.07, 6.45) is 0. The van der Waals surface area contributed by atoms with Crippen LogP contribution in [0.5, 0.6) is 0 Å². The van der Waals surface area contributed by atoms with Crippen LogP contribution in [-0.4, -0.2) is 38.3 Å². The smallest absolute Gasteiger partial charge is 0.335 e. The zero-order valence-electron chi connectivity index (χ0n) is 9.95. The highest BCUT2D eigenvalue weighted by atomic mass is 16.4. The standard InChI is InChI=1S/C12H18N2O2/c1-9-8-10(14(3)7-6-13-2)4-5-11(9)12(15)16/h4-5,8,13H,6-7H2,1-3H3,(H,15,16). The van der Waals surface area contributed by atoms with Gasteiger partial charge in [0.25, 0.3) is 0 Å². The second-order valence-corrected chi connectivity index (χ2v) is 3.83. The van der Waals surface area contributed by atoms with E-state index in [0.29, 0.717) is 5.56 Å². The van der Waals surface area contributed by atoms with Gasteiger partial charge >= 0.3 is 5.97 Å². The van der Waals surface area contributed by atoms with Gasteiger partial charge < -0.3 is 15.3 Å². The molecule has 16 heavy (non-hydrogen) atoms. The maximum atomic E-state index is 10.9. The molecule has 2 N–H and O–H groups in total. The molecule has 88 valence electrons. The molecule has 0 saturated heterocycles. The Labute approximate surface area is 95.9 Å². The highest BCUT2D eigenvalue weighted by Gasteiger charge is 2.08. The molecule has 0 aliphatic rings. The summed E-state index contributed by atoms with van der Waals surface area (Å²) in [6.45, 7) is 3.61. The minimum Gasteiger partial charge on any atom is -0.478 e. The molecule has 0 heterocycles. The molecule has 4 nitrogen and oxygen atoms in total. The molecule has 0 atom stereocenters. The van der Waals surface area contributed by atoms with E-state index in [-0.39, 0.29) is 0 Å². The predicted molar refractivity (Wildman–Crippen MR) is 65.3 cm³/mol. The summed E-state index contributed by atoms with van der Waals surface area (Å²) in [5.74, 6) is -0.873. The molecule has 0 fully saturated rings. The molecule has 0 radical (unpaired) electrons. The van der Waals surface area contributed by atoms with Crippen LogP contribution in [0.1, 0.15) is 15.9 Å². The van der Waals surface area contributed by atoms with Gasteiger partial charge in [-0.1, -0.05) is 0 Å². The van der Waals surface area contributed by atoms with Gasteiger partial charge in [-0.15, -0.1) is 0 Å². The van der Waals surface area contributed by atoms with Crippen LogP contribution in [-0.2, 0) is 0 Å². The van der Waals surface area contributed by atoms with Crippen molar-refractivity contribution in [3.05, 3.63) is 29.3 Å². The normalized spacial score (nSPS) is 10.2. The summed E-state index contributed by atoms with van der Waals surface area (Å²) in [4.78, 5) is 12.9. The number of carbonyl (C=O) groups is 1. The van der Waals surface area contributed by atoms with Crippen molar-refractivity contribution in [1.82, 2.24) is 5.32 Å². The second kappa shape index (κ2) is 5.51. The van der Waals surface area contributed by atoms with Gasteiger partial charge in [0.2, 0.25) is 0 Å². The minimum atomic E-state index is -0.873. The van der Waals surface area contributed by atoms with Crippen LogP contribution in [0.15, 0.2) is 18.2 Å². The van der Waals surface area contributed by atoms with Crippen molar-refractivity contribution >= 4 is 11.7 Å². The Morgan fingerprint density at radius 2 is 2.19 bits per heavy atom. The number of anilines is 1. The first-order valence-electron chi connectivity index (χ1n) is 5.26. The Bertz CT molecular complexity index is 377. The van der Waals surface area contributed by atoms with Crippen LogP contribution in [0.25, 0.3) is 0 Å². The lowest BCUT2D eigenvalue weighted by Gasteiger charge is -2.20. The van der Waals surface area contributed by atoms with E-state index in [4.69, 9.17) is 5.11 Å². The van der Waals surface area contributed by atoms with Crippen LogP contribution < -0.4 is 10.2 Å². The van der Waals surface area contributed by atoms with Gasteiger partial charge in [-0.25, -0.2) is 4.79 Å². The van der Waals surface area contributed by atoms with Gasteiger partial charge in [-0.05, 0) is 37.7 Å². The summed E-state index contributed by atoms with van der Waals surface area (Å²) >= 11 is 0. The van der Waals surface area contributed by atoms with Gasteiger partial charge in [-0.2, -0.15) is 0 Å². The molecule has 1 rings (SSSR count). The topological polar surface area (TPSA) is 52.6 Å². The number of benzene rings is 1. The Hall–Kier alpha value is -1.55. The lowest BCUT2D eigenvalue weighted by Crippen LogP contribution is -2.27. The second-order valence-electron chi connectivity index (χ2n) is 3.83. The van der Waals surface area contributed by atoms with E-state index in [0.717, 1.165) is 24.3 Å². The number of aromatic carboxylic acids is 1. The van der Waals surface area contributed by atoms with Gasteiger partial charge in [-0.3, -0.25) is 0 Å². The Morgan fingerprint density at radius 1 is 1.50 bits per heavy atom. The van der Waals surface area contributed by atoms with Crippen molar-refractivity contribution in [3.63, 3.8) is 0 Å². The van der Waals surface area contributed by atoms with E-state index in [1.807, 2.05) is 33.2 Å². The molecule has 0 bridgehead atoms. The lowest BCUT2D eigenvalue weighted by atomic mass is 10.1. The Balaban J connectivity index is 2.84. The van der Waals surface area contributed by atoms with Gasteiger partial charge in [0.15, 0.2) is 0 Å². The van der Waals surface area contributed by atoms with E-state index in [9.17, 15) is 4.79 Å². The monoisotopic (exact) mass is 222 g/mol. The summed E-state index contributed by atoms with van der Waals surface area (Å²) in [5.41, 5.74) is 2.20. The summed E-state index contributed by atoms with van der Waals surface area (Å²) in [5, 5.41) is 12.0. The largest absolute Gasteiger partial charge is 0.478 e. The maximum Gasteiger partial charge on any atom is 0.335 e. The number of carboxylic acid groups (broad SMARTS) is 1. The SMILES string of the molecule is CNCCN(C)c1ccc(C(=O)O)c(C)c1. The highest BCUT2D eigenvalue weighted by molar-refractivity contribution is 5.89. The molecule has 1 aromatic carbocycles. The molecule has 0 aliphatic carbocycles. The van der Waals surface area contributed by atoms with Crippen molar-refractivity contribution in [1.29, 1.82) is 0 Å². The molecule has 0 aliphatic heterocycles. The van der Waals surface area contributed by atoms with Crippen LogP contribution in [0.2, 0.25) is 0 Å².